The van der Waals surface area contributed by atoms with E-state index in [2.05, 4.69) is 38.3 Å². The third kappa shape index (κ3) is 7.09. The van der Waals surface area contributed by atoms with Crippen molar-refractivity contribution in [1.82, 2.24) is 30.8 Å². The van der Waals surface area contributed by atoms with Gasteiger partial charge in [-0.25, -0.2) is 0 Å². The number of piperidine rings is 1. The van der Waals surface area contributed by atoms with Gasteiger partial charge in [0.1, 0.15) is 5.75 Å². The molecule has 1 aromatic heterocycles. The third-order valence-electron chi connectivity index (χ3n) is 6.09. The van der Waals surface area contributed by atoms with E-state index in [9.17, 15) is 13.2 Å². The first-order chi connectivity index (χ1) is 16.4. The zero-order valence-corrected chi connectivity index (χ0v) is 21.7. The summed E-state index contributed by atoms with van der Waals surface area (Å²) in [6.45, 7) is 5.35. The van der Waals surface area contributed by atoms with E-state index in [1.54, 1.807) is 18.2 Å². The van der Waals surface area contributed by atoms with Gasteiger partial charge in [0.25, 0.3) is 5.82 Å². The average molecular weight is 547 g/mol. The van der Waals surface area contributed by atoms with Crippen molar-refractivity contribution in [3.05, 3.63) is 65.5 Å². The Bertz CT molecular complexity index is 1080. The molecule has 3 atom stereocenters. The van der Waals surface area contributed by atoms with Crippen LogP contribution in [0.15, 0.2) is 48.5 Å². The Morgan fingerprint density at radius 2 is 1.92 bits per heavy atom. The van der Waals surface area contributed by atoms with Crippen molar-refractivity contribution in [3.8, 4) is 11.4 Å². The van der Waals surface area contributed by atoms with Crippen molar-refractivity contribution in [2.45, 2.75) is 64.0 Å². The Hall–Kier alpha value is -2.40. The standard InChI is InChI=1S/C24H29F3N6O.2ClH/c1-3-16(2)34-21-12-11-19(33-23(24(25,26)27)30-31-32-33)14-18(21)15-29-20-10-7-13-28-22(20)17-8-5-4-6-9-17;;/h4-6,8-9,11-12,14,16,20,22,28-29H,3,7,10,13,15H2,1-2H3;2*1H/t16?,20-,22-;;/m0../s1. The maximum absolute atomic E-state index is 13.4. The molecule has 2 heterocycles. The van der Waals surface area contributed by atoms with Crippen molar-refractivity contribution in [3.63, 3.8) is 0 Å². The molecule has 3 aromatic rings. The van der Waals surface area contributed by atoms with Gasteiger partial charge in [0.2, 0.25) is 0 Å². The summed E-state index contributed by atoms with van der Waals surface area (Å²) in [6.07, 6.45) is -1.86. The van der Waals surface area contributed by atoms with Gasteiger partial charge in [-0.15, -0.1) is 29.9 Å². The number of tetrazole rings is 1. The van der Waals surface area contributed by atoms with Gasteiger partial charge in [0.15, 0.2) is 0 Å². The fraction of sp³-hybridized carbons (Fsp3) is 0.458. The quantitative estimate of drug-likeness (QED) is 0.400. The van der Waals surface area contributed by atoms with Crippen molar-refractivity contribution in [2.24, 2.45) is 0 Å². The minimum absolute atomic E-state index is 0. The predicted molar refractivity (Wildman–Crippen MR) is 136 cm³/mol. The van der Waals surface area contributed by atoms with Crippen LogP contribution in [-0.2, 0) is 12.7 Å². The smallest absolute Gasteiger partial charge is 0.453 e. The summed E-state index contributed by atoms with van der Waals surface area (Å²) in [5.74, 6) is -0.533. The molecule has 1 saturated heterocycles. The lowest BCUT2D eigenvalue weighted by atomic mass is 9.92. The van der Waals surface area contributed by atoms with Gasteiger partial charge in [-0.2, -0.15) is 17.9 Å². The van der Waals surface area contributed by atoms with Gasteiger partial charge >= 0.3 is 6.18 Å². The number of aromatic nitrogens is 4. The molecule has 198 valence electrons. The molecule has 0 spiro atoms. The van der Waals surface area contributed by atoms with E-state index in [0.29, 0.717) is 17.0 Å². The number of halogens is 5. The molecule has 36 heavy (non-hydrogen) atoms. The number of hydrogen-bond donors (Lipinski definition) is 2. The van der Waals surface area contributed by atoms with Gasteiger partial charge in [-0.3, -0.25) is 0 Å². The van der Waals surface area contributed by atoms with Crippen molar-refractivity contribution in [1.29, 1.82) is 0 Å². The highest BCUT2D eigenvalue weighted by Crippen LogP contribution is 2.31. The Balaban J connectivity index is 0.00000228. The molecule has 7 nitrogen and oxygen atoms in total. The molecular formula is C24H31Cl2F3N6O. The first-order valence-corrected chi connectivity index (χ1v) is 11.5. The summed E-state index contributed by atoms with van der Waals surface area (Å²) in [6, 6.07) is 15.4. The monoisotopic (exact) mass is 546 g/mol. The SMILES string of the molecule is CCC(C)Oc1ccc(-n2nnnc2C(F)(F)F)cc1CN[C@H]1CCCN[C@H]1c1ccccc1.Cl.Cl. The number of nitrogens with zero attached hydrogens (tertiary/aromatic N) is 4. The second-order valence-electron chi connectivity index (χ2n) is 8.51. The third-order valence-corrected chi connectivity index (χ3v) is 6.09. The van der Waals surface area contributed by atoms with Crippen LogP contribution in [-0.4, -0.2) is 38.9 Å². The van der Waals surface area contributed by atoms with Crippen LogP contribution in [0, 0.1) is 0 Å². The lowest BCUT2D eigenvalue weighted by molar-refractivity contribution is -0.146. The maximum Gasteiger partial charge on any atom is 0.453 e. The molecule has 1 fully saturated rings. The number of nitrogens with one attached hydrogen (secondary N) is 2. The Labute approximate surface area is 221 Å². The van der Waals surface area contributed by atoms with Crippen LogP contribution in [0.2, 0.25) is 0 Å². The Morgan fingerprint density at radius 1 is 1.17 bits per heavy atom. The van der Waals surface area contributed by atoms with Crippen molar-refractivity contribution < 1.29 is 17.9 Å². The van der Waals surface area contributed by atoms with Crippen LogP contribution in [0.4, 0.5) is 13.2 Å². The summed E-state index contributed by atoms with van der Waals surface area (Å²) >= 11 is 0. The van der Waals surface area contributed by atoms with Crippen LogP contribution in [0.5, 0.6) is 5.75 Å². The van der Waals surface area contributed by atoms with Gasteiger partial charge in [-0.1, -0.05) is 37.3 Å². The molecule has 2 aromatic carbocycles. The number of benzene rings is 2. The highest BCUT2D eigenvalue weighted by Gasteiger charge is 2.38. The molecule has 0 saturated carbocycles. The molecule has 12 heteroatoms. The molecule has 0 radical (unpaired) electrons. The largest absolute Gasteiger partial charge is 0.490 e. The Kier molecular flexibility index (Phi) is 11.0. The summed E-state index contributed by atoms with van der Waals surface area (Å²) in [5.41, 5.74) is 2.18. The maximum atomic E-state index is 13.4. The van der Waals surface area contributed by atoms with Crippen LogP contribution < -0.4 is 15.4 Å². The molecule has 2 N–H and O–H groups in total. The van der Waals surface area contributed by atoms with Gasteiger partial charge in [0.05, 0.1) is 11.8 Å². The van der Waals surface area contributed by atoms with E-state index in [0.717, 1.165) is 31.4 Å². The van der Waals surface area contributed by atoms with Crippen LogP contribution >= 0.6 is 24.8 Å². The molecule has 1 aliphatic heterocycles. The van der Waals surface area contributed by atoms with Crippen LogP contribution in [0.1, 0.15) is 56.1 Å². The Morgan fingerprint density at radius 3 is 2.61 bits per heavy atom. The fourth-order valence-electron chi connectivity index (χ4n) is 4.15. The molecule has 4 rings (SSSR count). The van der Waals surface area contributed by atoms with E-state index in [1.165, 1.54) is 5.56 Å². The fourth-order valence-corrected chi connectivity index (χ4v) is 4.15. The lowest BCUT2D eigenvalue weighted by Gasteiger charge is -2.34. The zero-order chi connectivity index (χ0) is 24.1. The van der Waals surface area contributed by atoms with Gasteiger partial charge < -0.3 is 15.4 Å². The molecule has 1 unspecified atom stereocenters. The lowest BCUT2D eigenvalue weighted by Crippen LogP contribution is -2.45. The molecule has 1 aliphatic rings. The first-order valence-electron chi connectivity index (χ1n) is 11.5. The molecule has 0 aliphatic carbocycles. The molecule has 0 bridgehead atoms. The number of ether oxygens (including phenoxy) is 1. The van der Waals surface area contributed by atoms with E-state index in [-0.39, 0.29) is 48.7 Å². The van der Waals surface area contributed by atoms with Crippen LogP contribution in [0.3, 0.4) is 0 Å². The van der Waals surface area contributed by atoms with E-state index >= 15 is 0 Å². The second-order valence-corrected chi connectivity index (χ2v) is 8.51. The number of rotatable bonds is 8. The summed E-state index contributed by atoms with van der Waals surface area (Å²) < 4.78 is 46.8. The molecule has 0 amide bonds. The predicted octanol–water partition coefficient (Wildman–Crippen LogP) is 5.28. The summed E-state index contributed by atoms with van der Waals surface area (Å²) in [7, 11) is 0. The van der Waals surface area contributed by atoms with E-state index in [4.69, 9.17) is 4.74 Å². The highest BCUT2D eigenvalue weighted by atomic mass is 35.5. The first kappa shape index (κ1) is 29.8. The molecular weight excluding hydrogens is 516 g/mol. The number of alkyl halides is 3. The topological polar surface area (TPSA) is 76.9 Å². The van der Waals surface area contributed by atoms with Gasteiger partial charge in [-0.05, 0) is 66.9 Å². The zero-order valence-electron chi connectivity index (χ0n) is 20.0. The average Bonchev–Trinajstić information content (AvgIpc) is 3.35. The van der Waals surface area contributed by atoms with Crippen molar-refractivity contribution >= 4 is 24.8 Å². The van der Waals surface area contributed by atoms with E-state index in [1.807, 2.05) is 32.0 Å². The highest BCUT2D eigenvalue weighted by molar-refractivity contribution is 5.85. The minimum atomic E-state index is -4.66. The van der Waals surface area contributed by atoms with Gasteiger partial charge in [0, 0.05) is 24.2 Å². The van der Waals surface area contributed by atoms with E-state index < -0.39 is 12.0 Å². The second kappa shape index (κ2) is 13.2. The van der Waals surface area contributed by atoms with Crippen LogP contribution in [0.25, 0.3) is 5.69 Å². The summed E-state index contributed by atoms with van der Waals surface area (Å²) in [4.78, 5) is 0. The minimum Gasteiger partial charge on any atom is -0.490 e. The number of hydrogen-bond acceptors (Lipinski definition) is 6. The van der Waals surface area contributed by atoms with Crippen molar-refractivity contribution in [2.75, 3.05) is 6.54 Å². The summed E-state index contributed by atoms with van der Waals surface area (Å²) in [5, 5.41) is 17.2. The normalized spacial score (nSPS) is 18.6.